The van der Waals surface area contributed by atoms with E-state index in [9.17, 15) is 0 Å². The minimum Gasteiger partial charge on any atom is -0.234 e. The van der Waals surface area contributed by atoms with Gasteiger partial charge in [0.2, 0.25) is 5.65 Å². The van der Waals surface area contributed by atoms with Crippen molar-refractivity contribution in [2.45, 2.75) is 13.8 Å². The maximum atomic E-state index is 4.46. The Hall–Kier alpha value is -2.30. The maximum Gasteiger partial charge on any atom is 0.202 e. The molecule has 0 spiro atoms. The van der Waals surface area contributed by atoms with E-state index in [0.29, 0.717) is 5.65 Å². The molecule has 0 saturated carbocycles. The largest absolute Gasteiger partial charge is 0.234 e. The van der Waals surface area contributed by atoms with Crippen LogP contribution in [0.3, 0.4) is 0 Å². The predicted molar refractivity (Wildman–Crippen MR) is 63.9 cm³/mol. The van der Waals surface area contributed by atoms with E-state index in [4.69, 9.17) is 0 Å². The number of hydrogen-bond donors (Lipinski definition) is 0. The molecule has 0 radical (unpaired) electrons. The van der Waals surface area contributed by atoms with E-state index >= 15 is 0 Å². The number of nitrogens with zero attached hydrogens (tertiary/aromatic N) is 5. The standard InChI is InChI=1S/C12H11N5/c1-8-6-9(2)14-11(7-8)17-10-4-3-5-13-12(10)15-16-17/h3-7H,1-2H3. The first-order valence-corrected chi connectivity index (χ1v) is 5.36. The molecule has 0 bridgehead atoms. The Morgan fingerprint density at radius 1 is 1.18 bits per heavy atom. The molecular weight excluding hydrogens is 214 g/mol. The van der Waals surface area contributed by atoms with Gasteiger partial charge in [-0.3, -0.25) is 0 Å². The summed E-state index contributed by atoms with van der Waals surface area (Å²) < 4.78 is 1.71. The van der Waals surface area contributed by atoms with Crippen molar-refractivity contribution >= 4 is 11.2 Å². The fourth-order valence-corrected chi connectivity index (χ4v) is 1.86. The third kappa shape index (κ3) is 1.65. The zero-order valence-corrected chi connectivity index (χ0v) is 9.62. The molecule has 0 unspecified atom stereocenters. The van der Waals surface area contributed by atoms with Crippen molar-refractivity contribution in [1.29, 1.82) is 0 Å². The molecule has 17 heavy (non-hydrogen) atoms. The fourth-order valence-electron chi connectivity index (χ4n) is 1.86. The van der Waals surface area contributed by atoms with E-state index in [2.05, 4.69) is 20.3 Å². The average Bonchev–Trinajstić information content (AvgIpc) is 2.71. The molecule has 0 aliphatic heterocycles. The number of aromatic nitrogens is 5. The van der Waals surface area contributed by atoms with Crippen molar-refractivity contribution in [1.82, 2.24) is 25.0 Å². The van der Waals surface area contributed by atoms with Crippen LogP contribution in [-0.2, 0) is 0 Å². The van der Waals surface area contributed by atoms with Crippen LogP contribution in [0.1, 0.15) is 11.3 Å². The lowest BCUT2D eigenvalue weighted by Gasteiger charge is -2.03. The first-order chi connectivity index (χ1) is 8.24. The van der Waals surface area contributed by atoms with Crippen molar-refractivity contribution < 1.29 is 0 Å². The molecule has 0 aliphatic carbocycles. The predicted octanol–water partition coefficient (Wildman–Crippen LogP) is 1.83. The van der Waals surface area contributed by atoms with Gasteiger partial charge in [0.1, 0.15) is 5.52 Å². The number of pyridine rings is 2. The lowest BCUT2D eigenvalue weighted by atomic mass is 10.2. The molecule has 0 amide bonds. The second-order valence-electron chi connectivity index (χ2n) is 3.99. The van der Waals surface area contributed by atoms with Crippen LogP contribution in [0.15, 0.2) is 30.5 Å². The highest BCUT2D eigenvalue weighted by Crippen LogP contribution is 2.14. The summed E-state index contributed by atoms with van der Waals surface area (Å²) in [5, 5.41) is 8.11. The average molecular weight is 225 g/mol. The van der Waals surface area contributed by atoms with E-state index in [0.717, 1.165) is 22.6 Å². The van der Waals surface area contributed by atoms with E-state index in [1.807, 2.05) is 38.1 Å². The Morgan fingerprint density at radius 2 is 2.06 bits per heavy atom. The highest BCUT2D eigenvalue weighted by atomic mass is 15.5. The maximum absolute atomic E-state index is 4.46. The summed E-state index contributed by atoms with van der Waals surface area (Å²) in [6.07, 6.45) is 1.70. The highest BCUT2D eigenvalue weighted by Gasteiger charge is 2.08. The molecule has 0 fully saturated rings. The number of rotatable bonds is 1. The summed E-state index contributed by atoms with van der Waals surface area (Å²) in [4.78, 5) is 8.61. The van der Waals surface area contributed by atoms with Gasteiger partial charge >= 0.3 is 0 Å². The molecule has 84 valence electrons. The Labute approximate surface area is 98.1 Å². The van der Waals surface area contributed by atoms with Gasteiger partial charge in [0.15, 0.2) is 5.82 Å². The third-order valence-electron chi connectivity index (χ3n) is 2.52. The van der Waals surface area contributed by atoms with Gasteiger partial charge in [0, 0.05) is 11.9 Å². The molecule has 5 nitrogen and oxygen atoms in total. The molecule has 0 aromatic carbocycles. The van der Waals surface area contributed by atoms with Gasteiger partial charge < -0.3 is 0 Å². The quantitative estimate of drug-likeness (QED) is 0.634. The van der Waals surface area contributed by atoms with Crippen LogP contribution in [0.25, 0.3) is 17.0 Å². The lowest BCUT2D eigenvalue weighted by molar-refractivity contribution is 0.795. The molecule has 5 heteroatoms. The van der Waals surface area contributed by atoms with Crippen LogP contribution in [0, 0.1) is 13.8 Å². The zero-order chi connectivity index (χ0) is 11.8. The highest BCUT2D eigenvalue weighted by molar-refractivity contribution is 5.71. The van der Waals surface area contributed by atoms with Crippen molar-refractivity contribution in [3.8, 4) is 5.82 Å². The van der Waals surface area contributed by atoms with Crippen molar-refractivity contribution in [3.05, 3.63) is 41.7 Å². The van der Waals surface area contributed by atoms with Gasteiger partial charge in [-0.15, -0.1) is 5.10 Å². The molecule has 0 N–H and O–H groups in total. The summed E-state index contributed by atoms with van der Waals surface area (Å²) in [7, 11) is 0. The van der Waals surface area contributed by atoms with Crippen LogP contribution >= 0.6 is 0 Å². The van der Waals surface area contributed by atoms with Crippen LogP contribution in [0.4, 0.5) is 0 Å². The van der Waals surface area contributed by atoms with E-state index < -0.39 is 0 Å². The summed E-state index contributed by atoms with van der Waals surface area (Å²) in [6.45, 7) is 4.00. The Kier molecular flexibility index (Phi) is 2.11. The topological polar surface area (TPSA) is 56.5 Å². The molecule has 0 atom stereocenters. The Morgan fingerprint density at radius 3 is 2.88 bits per heavy atom. The molecule has 3 heterocycles. The molecule has 3 rings (SSSR count). The van der Waals surface area contributed by atoms with Crippen molar-refractivity contribution in [2.24, 2.45) is 0 Å². The van der Waals surface area contributed by atoms with E-state index in [-0.39, 0.29) is 0 Å². The third-order valence-corrected chi connectivity index (χ3v) is 2.52. The first-order valence-electron chi connectivity index (χ1n) is 5.36. The monoisotopic (exact) mass is 225 g/mol. The second kappa shape index (κ2) is 3.62. The minimum absolute atomic E-state index is 0.633. The Balaban J connectivity index is 2.27. The van der Waals surface area contributed by atoms with E-state index in [1.54, 1.807) is 10.9 Å². The van der Waals surface area contributed by atoms with Gasteiger partial charge in [-0.05, 0) is 43.7 Å². The van der Waals surface area contributed by atoms with Crippen molar-refractivity contribution in [3.63, 3.8) is 0 Å². The molecule has 3 aromatic heterocycles. The van der Waals surface area contributed by atoms with Gasteiger partial charge in [-0.2, -0.15) is 4.68 Å². The Bertz CT molecular complexity index is 666. The van der Waals surface area contributed by atoms with Gasteiger partial charge in [0.05, 0.1) is 0 Å². The van der Waals surface area contributed by atoms with Crippen LogP contribution in [0.5, 0.6) is 0 Å². The number of aryl methyl sites for hydroxylation is 2. The second-order valence-corrected chi connectivity index (χ2v) is 3.99. The van der Waals surface area contributed by atoms with Gasteiger partial charge in [-0.1, -0.05) is 5.21 Å². The van der Waals surface area contributed by atoms with Crippen molar-refractivity contribution in [2.75, 3.05) is 0 Å². The van der Waals surface area contributed by atoms with Crippen LogP contribution in [-0.4, -0.2) is 25.0 Å². The normalized spacial score (nSPS) is 10.9. The van der Waals surface area contributed by atoms with Crippen LogP contribution < -0.4 is 0 Å². The van der Waals surface area contributed by atoms with Gasteiger partial charge in [-0.25, -0.2) is 9.97 Å². The molecule has 3 aromatic rings. The van der Waals surface area contributed by atoms with E-state index in [1.165, 1.54) is 0 Å². The molecule has 0 aliphatic rings. The SMILES string of the molecule is Cc1cc(C)nc(-n2nnc3ncccc32)c1. The molecular formula is C12H11N5. The number of hydrogen-bond acceptors (Lipinski definition) is 4. The summed E-state index contributed by atoms with van der Waals surface area (Å²) in [5.41, 5.74) is 3.62. The van der Waals surface area contributed by atoms with Crippen LogP contribution in [0.2, 0.25) is 0 Å². The summed E-state index contributed by atoms with van der Waals surface area (Å²) in [5.74, 6) is 0.776. The lowest BCUT2D eigenvalue weighted by Crippen LogP contribution is -2.01. The minimum atomic E-state index is 0.633. The zero-order valence-electron chi connectivity index (χ0n) is 9.62. The summed E-state index contributed by atoms with van der Waals surface area (Å²) in [6, 6.07) is 7.81. The number of fused-ring (bicyclic) bond motifs is 1. The first kappa shape index (κ1) is 9.89. The van der Waals surface area contributed by atoms with Gasteiger partial charge in [0.25, 0.3) is 0 Å². The fraction of sp³-hybridized carbons (Fsp3) is 0.167. The molecule has 0 saturated heterocycles. The summed E-state index contributed by atoms with van der Waals surface area (Å²) >= 11 is 0. The smallest absolute Gasteiger partial charge is 0.202 e.